The molecule has 1 aromatic rings. The predicted octanol–water partition coefficient (Wildman–Crippen LogP) is 2.04. The normalized spacial score (nSPS) is 16.1. The summed E-state index contributed by atoms with van der Waals surface area (Å²) in [6.07, 6.45) is 1.66. The molecule has 0 aromatic heterocycles. The van der Waals surface area contributed by atoms with Gasteiger partial charge in [-0.15, -0.1) is 0 Å². The lowest BCUT2D eigenvalue weighted by Crippen LogP contribution is -2.46. The molecule has 4 nitrogen and oxygen atoms in total. The van der Waals surface area contributed by atoms with Crippen LogP contribution >= 0.6 is 0 Å². The van der Waals surface area contributed by atoms with E-state index in [1.807, 2.05) is 36.9 Å². The van der Waals surface area contributed by atoms with Crippen LogP contribution in [0, 0.1) is 13.8 Å². The average molecular weight is 274 g/mol. The number of carbonyl (C=O) groups excluding carboxylic acids is 2. The van der Waals surface area contributed by atoms with E-state index in [2.05, 4.69) is 5.32 Å². The van der Waals surface area contributed by atoms with Crippen LogP contribution in [0.25, 0.3) is 0 Å². The Kier molecular flexibility index (Phi) is 4.42. The van der Waals surface area contributed by atoms with Crippen LogP contribution in [0.2, 0.25) is 0 Å². The molecule has 2 rings (SSSR count). The Morgan fingerprint density at radius 3 is 2.35 bits per heavy atom. The van der Waals surface area contributed by atoms with Crippen molar-refractivity contribution in [1.29, 1.82) is 0 Å². The van der Waals surface area contributed by atoms with Gasteiger partial charge in [0.25, 0.3) is 5.91 Å². The highest BCUT2D eigenvalue weighted by molar-refractivity contribution is 5.94. The summed E-state index contributed by atoms with van der Waals surface area (Å²) >= 11 is 0. The number of benzene rings is 1. The third-order valence-electron chi connectivity index (χ3n) is 4.04. The van der Waals surface area contributed by atoms with Crippen LogP contribution in [-0.4, -0.2) is 35.8 Å². The summed E-state index contributed by atoms with van der Waals surface area (Å²) in [5.74, 6) is 0.0957. The fourth-order valence-corrected chi connectivity index (χ4v) is 2.49. The third-order valence-corrected chi connectivity index (χ3v) is 4.04. The Labute approximate surface area is 120 Å². The van der Waals surface area contributed by atoms with Crippen molar-refractivity contribution in [3.8, 4) is 0 Å². The number of aryl methyl sites for hydroxylation is 2. The van der Waals surface area contributed by atoms with E-state index in [0.717, 1.165) is 31.5 Å². The van der Waals surface area contributed by atoms with Gasteiger partial charge in [0, 0.05) is 31.6 Å². The van der Waals surface area contributed by atoms with E-state index in [9.17, 15) is 9.59 Å². The minimum atomic E-state index is -0.0191. The lowest BCUT2D eigenvalue weighted by Gasteiger charge is -2.31. The Morgan fingerprint density at radius 2 is 1.80 bits per heavy atom. The van der Waals surface area contributed by atoms with Gasteiger partial charge in [-0.05, 0) is 49.9 Å². The number of amides is 2. The molecule has 0 saturated carbocycles. The number of hydrogen-bond donors (Lipinski definition) is 1. The molecule has 20 heavy (non-hydrogen) atoms. The van der Waals surface area contributed by atoms with Gasteiger partial charge < -0.3 is 10.2 Å². The van der Waals surface area contributed by atoms with Crippen molar-refractivity contribution < 1.29 is 9.59 Å². The largest absolute Gasteiger partial charge is 0.349 e. The van der Waals surface area contributed by atoms with Crippen LogP contribution in [0.4, 0.5) is 0 Å². The second kappa shape index (κ2) is 6.07. The summed E-state index contributed by atoms with van der Waals surface area (Å²) in [6.45, 7) is 7.10. The molecule has 0 aliphatic carbocycles. The maximum atomic E-state index is 12.2. The fraction of sp³-hybridized carbons (Fsp3) is 0.500. The van der Waals surface area contributed by atoms with Crippen LogP contribution in [0.3, 0.4) is 0 Å². The van der Waals surface area contributed by atoms with Gasteiger partial charge in [-0.1, -0.05) is 6.07 Å². The molecular weight excluding hydrogens is 252 g/mol. The van der Waals surface area contributed by atoms with Gasteiger partial charge in [0.1, 0.15) is 0 Å². The quantitative estimate of drug-likeness (QED) is 0.897. The van der Waals surface area contributed by atoms with Gasteiger partial charge >= 0.3 is 0 Å². The van der Waals surface area contributed by atoms with Gasteiger partial charge in [-0.3, -0.25) is 9.59 Å². The van der Waals surface area contributed by atoms with Crippen LogP contribution in [-0.2, 0) is 4.79 Å². The predicted molar refractivity (Wildman–Crippen MR) is 78.7 cm³/mol. The number of likely N-dealkylation sites (tertiary alicyclic amines) is 1. The van der Waals surface area contributed by atoms with Crippen molar-refractivity contribution in [3.63, 3.8) is 0 Å². The zero-order chi connectivity index (χ0) is 14.7. The maximum absolute atomic E-state index is 12.2. The number of hydrogen-bond acceptors (Lipinski definition) is 2. The standard InChI is InChI=1S/C16H22N2O2/c1-11-4-5-14(10-12(11)2)16(20)17-15-6-8-18(9-7-15)13(3)19/h4-5,10,15H,6-9H2,1-3H3,(H,17,20). The Hall–Kier alpha value is -1.84. The number of nitrogens with one attached hydrogen (secondary N) is 1. The molecule has 1 aromatic carbocycles. The van der Waals surface area contributed by atoms with E-state index in [-0.39, 0.29) is 17.9 Å². The van der Waals surface area contributed by atoms with Gasteiger partial charge in [0.15, 0.2) is 0 Å². The second-order valence-corrected chi connectivity index (χ2v) is 5.55. The molecule has 0 unspecified atom stereocenters. The first-order valence-electron chi connectivity index (χ1n) is 7.11. The van der Waals surface area contributed by atoms with E-state index >= 15 is 0 Å². The highest BCUT2D eigenvalue weighted by atomic mass is 16.2. The number of carbonyl (C=O) groups is 2. The summed E-state index contributed by atoms with van der Waals surface area (Å²) in [7, 11) is 0. The lowest BCUT2D eigenvalue weighted by molar-refractivity contribution is -0.129. The summed E-state index contributed by atoms with van der Waals surface area (Å²) in [5.41, 5.74) is 3.03. The molecule has 1 saturated heterocycles. The molecule has 2 amide bonds. The molecule has 1 aliphatic heterocycles. The molecule has 0 radical (unpaired) electrons. The van der Waals surface area contributed by atoms with E-state index in [1.54, 1.807) is 6.92 Å². The first kappa shape index (κ1) is 14.6. The first-order chi connectivity index (χ1) is 9.47. The van der Waals surface area contributed by atoms with Crippen molar-refractivity contribution in [2.75, 3.05) is 13.1 Å². The third kappa shape index (κ3) is 3.38. The van der Waals surface area contributed by atoms with Crippen LogP contribution in [0.15, 0.2) is 18.2 Å². The Bertz CT molecular complexity index is 517. The molecule has 1 heterocycles. The van der Waals surface area contributed by atoms with Gasteiger partial charge in [-0.25, -0.2) is 0 Å². The maximum Gasteiger partial charge on any atom is 0.251 e. The van der Waals surface area contributed by atoms with Crippen LogP contribution in [0.1, 0.15) is 41.3 Å². The van der Waals surface area contributed by atoms with Crippen molar-refractivity contribution in [3.05, 3.63) is 34.9 Å². The Morgan fingerprint density at radius 1 is 1.15 bits per heavy atom. The van der Waals surface area contributed by atoms with Gasteiger partial charge in [0.05, 0.1) is 0 Å². The molecule has 0 spiro atoms. The number of piperidine rings is 1. The minimum Gasteiger partial charge on any atom is -0.349 e. The highest BCUT2D eigenvalue weighted by Gasteiger charge is 2.22. The minimum absolute atomic E-state index is 0.0191. The van der Waals surface area contributed by atoms with Gasteiger partial charge in [0.2, 0.25) is 5.91 Å². The molecule has 108 valence electrons. The summed E-state index contributed by atoms with van der Waals surface area (Å²) in [6, 6.07) is 5.93. The fourth-order valence-electron chi connectivity index (χ4n) is 2.49. The zero-order valence-electron chi connectivity index (χ0n) is 12.4. The summed E-state index contributed by atoms with van der Waals surface area (Å²) in [5, 5.41) is 3.06. The number of nitrogens with zero attached hydrogens (tertiary/aromatic N) is 1. The lowest BCUT2D eigenvalue weighted by atomic mass is 10.0. The smallest absolute Gasteiger partial charge is 0.251 e. The SMILES string of the molecule is CC(=O)N1CCC(NC(=O)c2ccc(C)c(C)c2)CC1. The van der Waals surface area contributed by atoms with Gasteiger partial charge in [-0.2, -0.15) is 0 Å². The summed E-state index contributed by atoms with van der Waals surface area (Å²) in [4.78, 5) is 25.3. The first-order valence-corrected chi connectivity index (χ1v) is 7.11. The van der Waals surface area contributed by atoms with Crippen molar-refractivity contribution in [2.45, 2.75) is 39.7 Å². The topological polar surface area (TPSA) is 49.4 Å². The molecule has 1 N–H and O–H groups in total. The zero-order valence-corrected chi connectivity index (χ0v) is 12.4. The summed E-state index contributed by atoms with van der Waals surface area (Å²) < 4.78 is 0. The van der Waals surface area contributed by atoms with E-state index < -0.39 is 0 Å². The van der Waals surface area contributed by atoms with Crippen LogP contribution < -0.4 is 5.32 Å². The van der Waals surface area contributed by atoms with E-state index in [4.69, 9.17) is 0 Å². The molecule has 1 fully saturated rings. The van der Waals surface area contributed by atoms with E-state index in [1.165, 1.54) is 5.56 Å². The molecular formula is C16H22N2O2. The average Bonchev–Trinajstić information content (AvgIpc) is 2.42. The van der Waals surface area contributed by atoms with Crippen LogP contribution in [0.5, 0.6) is 0 Å². The van der Waals surface area contributed by atoms with Crippen molar-refractivity contribution in [1.82, 2.24) is 10.2 Å². The highest BCUT2D eigenvalue weighted by Crippen LogP contribution is 2.13. The van der Waals surface area contributed by atoms with Crippen molar-refractivity contribution in [2.24, 2.45) is 0 Å². The number of rotatable bonds is 2. The van der Waals surface area contributed by atoms with E-state index in [0.29, 0.717) is 5.56 Å². The second-order valence-electron chi connectivity index (χ2n) is 5.55. The molecule has 0 atom stereocenters. The monoisotopic (exact) mass is 274 g/mol. The van der Waals surface area contributed by atoms with Crippen molar-refractivity contribution >= 4 is 11.8 Å². The molecule has 0 bridgehead atoms. The molecule has 4 heteroatoms. The Balaban J connectivity index is 1.92. The molecule has 1 aliphatic rings.